The molecule has 124 valence electrons. The Morgan fingerprint density at radius 2 is 1.62 bits per heavy atom. The van der Waals surface area contributed by atoms with Gasteiger partial charge in [-0.3, -0.25) is 4.79 Å². The smallest absolute Gasteiger partial charge is 0.247 e. The van der Waals surface area contributed by atoms with Gasteiger partial charge in [-0.2, -0.15) is 0 Å². The van der Waals surface area contributed by atoms with E-state index in [1.54, 1.807) is 18.5 Å². The van der Waals surface area contributed by atoms with Crippen LogP contribution in [0.3, 0.4) is 0 Å². The molecule has 0 aliphatic rings. The third-order valence-electron chi connectivity index (χ3n) is 2.93. The van der Waals surface area contributed by atoms with Crippen LogP contribution < -0.4 is 11.3 Å². The molecule has 0 saturated carbocycles. The molecule has 0 amide bonds. The molecule has 4 nitrogen and oxygen atoms in total. The van der Waals surface area contributed by atoms with Crippen LogP contribution in [0, 0.1) is 11.8 Å². The van der Waals surface area contributed by atoms with Crippen molar-refractivity contribution in [3.05, 3.63) is 70.3 Å². The summed E-state index contributed by atoms with van der Waals surface area (Å²) in [6, 6.07) is 10.8. The molecule has 2 aromatic heterocycles. The lowest BCUT2D eigenvalue weighted by Gasteiger charge is -2.00. The Morgan fingerprint density at radius 1 is 0.958 bits per heavy atom. The summed E-state index contributed by atoms with van der Waals surface area (Å²) >= 11 is 0. The van der Waals surface area contributed by atoms with Gasteiger partial charge in [-0.1, -0.05) is 39.5 Å². The SMILES string of the molecule is CC.CC.Nc1nccc2cc(C#Cc3ccc(=O)[nH]c3)ccc12. The molecule has 0 aliphatic heterocycles. The Kier molecular flexibility index (Phi) is 7.80. The Hall–Kier alpha value is -3.06. The van der Waals surface area contributed by atoms with Crippen LogP contribution in [0.2, 0.25) is 0 Å². The van der Waals surface area contributed by atoms with E-state index in [-0.39, 0.29) is 5.56 Å². The van der Waals surface area contributed by atoms with Crippen LogP contribution in [0.1, 0.15) is 38.8 Å². The fraction of sp³-hybridized carbons (Fsp3) is 0.200. The van der Waals surface area contributed by atoms with Crippen molar-refractivity contribution in [1.29, 1.82) is 0 Å². The summed E-state index contributed by atoms with van der Waals surface area (Å²) in [7, 11) is 0. The molecule has 0 radical (unpaired) electrons. The summed E-state index contributed by atoms with van der Waals surface area (Å²) in [5.74, 6) is 6.58. The summed E-state index contributed by atoms with van der Waals surface area (Å²) in [4.78, 5) is 17.6. The molecule has 0 bridgehead atoms. The van der Waals surface area contributed by atoms with Crippen molar-refractivity contribution in [2.75, 3.05) is 5.73 Å². The van der Waals surface area contributed by atoms with Gasteiger partial charge in [0.15, 0.2) is 0 Å². The number of nitrogens with zero attached hydrogens (tertiary/aromatic N) is 1. The van der Waals surface area contributed by atoms with Crippen LogP contribution in [-0.2, 0) is 0 Å². The molecule has 3 rings (SSSR count). The van der Waals surface area contributed by atoms with E-state index in [1.165, 1.54) is 6.07 Å². The second-order valence-corrected chi connectivity index (χ2v) is 4.32. The third kappa shape index (κ3) is 4.99. The number of rotatable bonds is 0. The Balaban J connectivity index is 0.000000671. The molecule has 24 heavy (non-hydrogen) atoms. The molecule has 4 heteroatoms. The molecule has 3 N–H and O–H groups in total. The largest absolute Gasteiger partial charge is 0.383 e. The molecule has 0 spiro atoms. The number of fused-ring (bicyclic) bond motifs is 1. The van der Waals surface area contributed by atoms with E-state index in [1.807, 2.05) is 52.0 Å². The van der Waals surface area contributed by atoms with Gasteiger partial charge in [0, 0.05) is 35.0 Å². The summed E-state index contributed by atoms with van der Waals surface area (Å²) in [6.45, 7) is 8.00. The van der Waals surface area contributed by atoms with E-state index in [0.717, 1.165) is 21.9 Å². The molecule has 0 saturated heterocycles. The first kappa shape index (κ1) is 19.0. The van der Waals surface area contributed by atoms with Crippen molar-refractivity contribution in [3.63, 3.8) is 0 Å². The average molecular weight is 321 g/mol. The monoisotopic (exact) mass is 321 g/mol. The number of hydrogen-bond acceptors (Lipinski definition) is 3. The van der Waals surface area contributed by atoms with Gasteiger partial charge in [0.05, 0.1) is 0 Å². The van der Waals surface area contributed by atoms with Crippen molar-refractivity contribution in [3.8, 4) is 11.8 Å². The number of pyridine rings is 2. The second-order valence-electron chi connectivity index (χ2n) is 4.32. The molecule has 0 aliphatic carbocycles. The zero-order chi connectivity index (χ0) is 17.9. The first-order valence-electron chi connectivity index (χ1n) is 8.07. The number of aromatic nitrogens is 2. The highest BCUT2D eigenvalue weighted by Gasteiger charge is 1.98. The van der Waals surface area contributed by atoms with Crippen molar-refractivity contribution < 1.29 is 0 Å². The maximum Gasteiger partial charge on any atom is 0.247 e. The van der Waals surface area contributed by atoms with Crippen molar-refractivity contribution in [2.24, 2.45) is 0 Å². The molecular weight excluding hydrogens is 298 g/mol. The number of nitrogens with two attached hydrogens (primary N) is 1. The number of aromatic amines is 1. The van der Waals surface area contributed by atoms with Gasteiger partial charge >= 0.3 is 0 Å². The topological polar surface area (TPSA) is 71.8 Å². The van der Waals surface area contributed by atoms with Gasteiger partial charge in [0.1, 0.15) is 5.82 Å². The van der Waals surface area contributed by atoms with E-state index in [9.17, 15) is 4.79 Å². The Bertz CT molecular complexity index is 881. The average Bonchev–Trinajstić information content (AvgIpc) is 2.65. The molecule has 1 aromatic carbocycles. The minimum absolute atomic E-state index is 0.135. The maximum atomic E-state index is 11.0. The summed E-state index contributed by atoms with van der Waals surface area (Å²) in [5.41, 5.74) is 7.32. The molecule has 2 heterocycles. The van der Waals surface area contributed by atoms with Crippen molar-refractivity contribution >= 4 is 16.6 Å². The van der Waals surface area contributed by atoms with E-state index >= 15 is 0 Å². The third-order valence-corrected chi connectivity index (χ3v) is 2.93. The number of hydrogen-bond donors (Lipinski definition) is 2. The standard InChI is InChI=1S/C16H11N3O.2C2H6/c17-16-14-5-3-11(9-13(14)7-8-18-16)1-2-12-4-6-15(20)19-10-12;2*1-2/h3-10H,(H2,17,18)(H,19,20);2*1-2H3. The Morgan fingerprint density at radius 3 is 2.29 bits per heavy atom. The lowest BCUT2D eigenvalue weighted by Crippen LogP contribution is -2.01. The summed E-state index contributed by atoms with van der Waals surface area (Å²) in [5, 5.41) is 1.92. The van der Waals surface area contributed by atoms with Gasteiger partial charge in [-0.25, -0.2) is 4.98 Å². The molecule has 3 aromatic rings. The highest BCUT2D eigenvalue weighted by atomic mass is 16.1. The van der Waals surface area contributed by atoms with Crippen LogP contribution in [0.25, 0.3) is 10.8 Å². The number of nitrogens with one attached hydrogen (secondary N) is 1. The van der Waals surface area contributed by atoms with E-state index in [4.69, 9.17) is 5.73 Å². The normalized spacial score (nSPS) is 8.83. The predicted octanol–water partition coefficient (Wildman–Crippen LogP) is 3.96. The fourth-order valence-electron chi connectivity index (χ4n) is 1.91. The Labute approximate surface area is 142 Å². The predicted molar refractivity (Wildman–Crippen MR) is 102 cm³/mol. The highest BCUT2D eigenvalue weighted by Crippen LogP contribution is 2.19. The maximum absolute atomic E-state index is 11.0. The molecular formula is C20H23N3O. The van der Waals surface area contributed by atoms with Gasteiger partial charge in [0.25, 0.3) is 0 Å². The van der Waals surface area contributed by atoms with Crippen LogP contribution in [0.5, 0.6) is 0 Å². The quantitative estimate of drug-likeness (QED) is 0.616. The van der Waals surface area contributed by atoms with E-state index < -0.39 is 0 Å². The summed E-state index contributed by atoms with van der Waals surface area (Å²) in [6.07, 6.45) is 3.27. The van der Waals surface area contributed by atoms with Crippen LogP contribution in [-0.4, -0.2) is 9.97 Å². The van der Waals surface area contributed by atoms with Crippen molar-refractivity contribution in [1.82, 2.24) is 9.97 Å². The number of benzene rings is 1. The first-order valence-corrected chi connectivity index (χ1v) is 8.07. The van der Waals surface area contributed by atoms with Crippen LogP contribution in [0.4, 0.5) is 5.82 Å². The molecule has 0 unspecified atom stereocenters. The number of H-pyrrole nitrogens is 1. The van der Waals surface area contributed by atoms with Gasteiger partial charge in [-0.15, -0.1) is 0 Å². The van der Waals surface area contributed by atoms with Crippen molar-refractivity contribution in [2.45, 2.75) is 27.7 Å². The minimum Gasteiger partial charge on any atom is -0.383 e. The van der Waals surface area contributed by atoms with Gasteiger partial charge in [-0.05, 0) is 35.7 Å². The zero-order valence-corrected chi connectivity index (χ0v) is 14.6. The first-order chi connectivity index (χ1) is 11.7. The van der Waals surface area contributed by atoms with Crippen LogP contribution >= 0.6 is 0 Å². The number of nitrogen functional groups attached to an aromatic ring is 1. The minimum atomic E-state index is -0.135. The fourth-order valence-corrected chi connectivity index (χ4v) is 1.91. The second kappa shape index (κ2) is 9.86. The van der Waals surface area contributed by atoms with Gasteiger partial charge in [0.2, 0.25) is 5.56 Å². The van der Waals surface area contributed by atoms with Crippen LogP contribution in [0.15, 0.2) is 53.6 Å². The zero-order valence-electron chi connectivity index (χ0n) is 14.6. The van der Waals surface area contributed by atoms with E-state index in [2.05, 4.69) is 21.8 Å². The highest BCUT2D eigenvalue weighted by molar-refractivity contribution is 5.91. The summed E-state index contributed by atoms with van der Waals surface area (Å²) < 4.78 is 0. The lowest BCUT2D eigenvalue weighted by molar-refractivity contribution is 1.23. The molecule has 0 atom stereocenters. The van der Waals surface area contributed by atoms with Gasteiger partial charge < -0.3 is 10.7 Å². The lowest BCUT2D eigenvalue weighted by atomic mass is 10.1. The van der Waals surface area contributed by atoms with E-state index in [0.29, 0.717) is 5.82 Å². The molecule has 0 fully saturated rings. The number of anilines is 1.